The smallest absolute Gasteiger partial charge is 0.246 e. The van der Waals surface area contributed by atoms with Gasteiger partial charge in [-0.25, -0.2) is 12.7 Å². The lowest BCUT2D eigenvalue weighted by atomic mass is 10.2. The topological polar surface area (TPSA) is 97.0 Å². The summed E-state index contributed by atoms with van der Waals surface area (Å²) in [6, 6.07) is 9.25. The molecule has 2 N–H and O–H groups in total. The summed E-state index contributed by atoms with van der Waals surface area (Å²) in [6.07, 6.45) is 0. The SMILES string of the molecule is COc1ccc(OC)c(N[C@H](C)C(=O)Nc2cc(S(=O)(=O)N(C)C)ccc2C)c1. The Balaban J connectivity index is 2.22. The number of nitrogens with zero attached hydrogens (tertiary/aromatic N) is 1. The molecule has 0 bridgehead atoms. The van der Waals surface area contributed by atoms with E-state index in [0.29, 0.717) is 22.9 Å². The Labute approximate surface area is 171 Å². The molecule has 0 aromatic heterocycles. The zero-order valence-corrected chi connectivity index (χ0v) is 18.3. The highest BCUT2D eigenvalue weighted by Crippen LogP contribution is 2.29. The van der Waals surface area contributed by atoms with Crippen LogP contribution in [0.5, 0.6) is 11.5 Å². The number of sulfonamides is 1. The molecule has 158 valence electrons. The van der Waals surface area contributed by atoms with Gasteiger partial charge in [0.2, 0.25) is 15.9 Å². The molecule has 0 aliphatic carbocycles. The van der Waals surface area contributed by atoms with E-state index in [1.54, 1.807) is 45.2 Å². The van der Waals surface area contributed by atoms with E-state index in [4.69, 9.17) is 9.47 Å². The van der Waals surface area contributed by atoms with E-state index in [0.717, 1.165) is 9.87 Å². The largest absolute Gasteiger partial charge is 0.497 e. The number of carbonyl (C=O) groups is 1. The minimum atomic E-state index is -3.60. The number of nitrogens with one attached hydrogen (secondary N) is 2. The molecule has 0 heterocycles. The van der Waals surface area contributed by atoms with Gasteiger partial charge in [-0.3, -0.25) is 4.79 Å². The van der Waals surface area contributed by atoms with E-state index in [9.17, 15) is 13.2 Å². The molecule has 29 heavy (non-hydrogen) atoms. The van der Waals surface area contributed by atoms with Gasteiger partial charge in [-0.1, -0.05) is 6.07 Å². The van der Waals surface area contributed by atoms with Crippen LogP contribution >= 0.6 is 0 Å². The Kier molecular flexibility index (Phi) is 7.10. The number of hydrogen-bond donors (Lipinski definition) is 2. The maximum absolute atomic E-state index is 12.7. The van der Waals surface area contributed by atoms with Gasteiger partial charge in [-0.2, -0.15) is 0 Å². The normalized spacial score (nSPS) is 12.4. The molecular weight excluding hydrogens is 394 g/mol. The van der Waals surface area contributed by atoms with Crippen molar-refractivity contribution in [3.8, 4) is 11.5 Å². The minimum absolute atomic E-state index is 0.110. The maximum atomic E-state index is 12.7. The second kappa shape index (κ2) is 9.15. The Hall–Kier alpha value is -2.78. The van der Waals surface area contributed by atoms with Gasteiger partial charge >= 0.3 is 0 Å². The van der Waals surface area contributed by atoms with Crippen LogP contribution < -0.4 is 20.1 Å². The zero-order chi connectivity index (χ0) is 21.8. The van der Waals surface area contributed by atoms with Gasteiger partial charge in [0.05, 0.1) is 24.8 Å². The predicted octanol–water partition coefficient (Wildman–Crippen LogP) is 2.70. The molecule has 9 heteroatoms. The van der Waals surface area contributed by atoms with Crippen molar-refractivity contribution < 1.29 is 22.7 Å². The third-order valence-electron chi connectivity index (χ3n) is 4.42. The van der Waals surface area contributed by atoms with Gasteiger partial charge in [0.15, 0.2) is 0 Å². The van der Waals surface area contributed by atoms with E-state index in [2.05, 4.69) is 10.6 Å². The van der Waals surface area contributed by atoms with Gasteiger partial charge < -0.3 is 20.1 Å². The lowest BCUT2D eigenvalue weighted by molar-refractivity contribution is -0.116. The fraction of sp³-hybridized carbons (Fsp3) is 0.350. The summed E-state index contributed by atoms with van der Waals surface area (Å²) in [5.41, 5.74) is 1.79. The Morgan fingerprint density at radius 2 is 1.72 bits per heavy atom. The number of hydrogen-bond acceptors (Lipinski definition) is 6. The molecular formula is C20H27N3O5S. The molecule has 0 radical (unpaired) electrons. The van der Waals surface area contributed by atoms with Crippen LogP contribution in [0.1, 0.15) is 12.5 Å². The summed E-state index contributed by atoms with van der Waals surface area (Å²) in [7, 11) is 2.41. The number of anilines is 2. The van der Waals surface area contributed by atoms with Crippen LogP contribution in [0, 0.1) is 6.92 Å². The molecule has 1 atom stereocenters. The van der Waals surface area contributed by atoms with Crippen molar-refractivity contribution in [2.45, 2.75) is 24.8 Å². The second-order valence-electron chi connectivity index (χ2n) is 6.69. The molecule has 0 saturated carbocycles. The van der Waals surface area contributed by atoms with E-state index in [1.807, 2.05) is 0 Å². The summed E-state index contributed by atoms with van der Waals surface area (Å²) in [4.78, 5) is 12.8. The molecule has 2 rings (SSSR count). The highest BCUT2D eigenvalue weighted by Gasteiger charge is 2.20. The average molecular weight is 422 g/mol. The first-order valence-corrected chi connectivity index (χ1v) is 10.4. The van der Waals surface area contributed by atoms with Crippen LogP contribution in [0.4, 0.5) is 11.4 Å². The summed E-state index contributed by atoms with van der Waals surface area (Å²) in [6.45, 7) is 3.49. The lowest BCUT2D eigenvalue weighted by Gasteiger charge is -2.19. The summed E-state index contributed by atoms with van der Waals surface area (Å²) in [5.74, 6) is 0.872. The summed E-state index contributed by atoms with van der Waals surface area (Å²) in [5, 5.41) is 5.89. The van der Waals surface area contributed by atoms with Crippen LogP contribution in [0.15, 0.2) is 41.3 Å². The summed E-state index contributed by atoms with van der Waals surface area (Å²) < 4.78 is 36.4. The Bertz CT molecular complexity index is 990. The first-order valence-electron chi connectivity index (χ1n) is 8.92. The van der Waals surface area contributed by atoms with Crippen LogP contribution in [-0.2, 0) is 14.8 Å². The van der Waals surface area contributed by atoms with E-state index in [-0.39, 0.29) is 10.8 Å². The van der Waals surface area contributed by atoms with Crippen LogP contribution in [0.25, 0.3) is 0 Å². The Morgan fingerprint density at radius 3 is 2.31 bits per heavy atom. The first kappa shape index (κ1) is 22.5. The van der Waals surface area contributed by atoms with Crippen molar-refractivity contribution in [3.05, 3.63) is 42.0 Å². The van der Waals surface area contributed by atoms with Gasteiger partial charge in [0, 0.05) is 25.8 Å². The molecule has 0 unspecified atom stereocenters. The third kappa shape index (κ3) is 5.18. The number of rotatable bonds is 8. The molecule has 0 aliphatic heterocycles. The number of ether oxygens (including phenoxy) is 2. The number of methoxy groups -OCH3 is 2. The van der Waals surface area contributed by atoms with Crippen molar-refractivity contribution in [2.24, 2.45) is 0 Å². The van der Waals surface area contributed by atoms with Crippen molar-refractivity contribution in [1.29, 1.82) is 0 Å². The van der Waals surface area contributed by atoms with E-state index in [1.165, 1.54) is 33.3 Å². The zero-order valence-electron chi connectivity index (χ0n) is 17.4. The highest BCUT2D eigenvalue weighted by atomic mass is 32.2. The van der Waals surface area contributed by atoms with Gasteiger partial charge in [0.1, 0.15) is 17.5 Å². The number of carbonyl (C=O) groups excluding carboxylic acids is 1. The third-order valence-corrected chi connectivity index (χ3v) is 6.23. The Morgan fingerprint density at radius 1 is 1.03 bits per heavy atom. The first-order chi connectivity index (χ1) is 13.6. The van der Waals surface area contributed by atoms with Crippen LogP contribution in [0.3, 0.4) is 0 Å². The average Bonchev–Trinajstić information content (AvgIpc) is 2.69. The van der Waals surface area contributed by atoms with Gasteiger partial charge in [0.25, 0.3) is 0 Å². The number of benzene rings is 2. The fourth-order valence-electron chi connectivity index (χ4n) is 2.57. The molecule has 0 fully saturated rings. The monoisotopic (exact) mass is 421 g/mol. The molecule has 0 saturated heterocycles. The number of aryl methyl sites for hydroxylation is 1. The standard InChI is InChI=1S/C20H27N3O5S/c1-13-7-9-16(29(25,26)23(3)4)12-17(13)22-20(24)14(2)21-18-11-15(27-5)8-10-19(18)28-6/h7-12,14,21H,1-6H3,(H,22,24)/t14-/m1/s1. The lowest BCUT2D eigenvalue weighted by Crippen LogP contribution is -2.32. The van der Waals surface area contributed by atoms with E-state index < -0.39 is 16.1 Å². The molecule has 2 aromatic carbocycles. The van der Waals surface area contributed by atoms with E-state index >= 15 is 0 Å². The van der Waals surface area contributed by atoms with Crippen molar-refractivity contribution in [3.63, 3.8) is 0 Å². The van der Waals surface area contributed by atoms with Crippen molar-refractivity contribution in [2.75, 3.05) is 38.9 Å². The molecule has 0 aliphatic rings. The molecule has 8 nitrogen and oxygen atoms in total. The predicted molar refractivity (Wildman–Crippen MR) is 113 cm³/mol. The van der Waals surface area contributed by atoms with Gasteiger partial charge in [-0.15, -0.1) is 0 Å². The van der Waals surface area contributed by atoms with Crippen molar-refractivity contribution in [1.82, 2.24) is 4.31 Å². The number of amides is 1. The molecule has 0 spiro atoms. The fourth-order valence-corrected chi connectivity index (χ4v) is 3.50. The minimum Gasteiger partial charge on any atom is -0.497 e. The molecule has 2 aromatic rings. The van der Waals surface area contributed by atoms with Crippen LogP contribution in [-0.4, -0.2) is 53.0 Å². The molecule has 1 amide bonds. The van der Waals surface area contributed by atoms with Crippen LogP contribution in [0.2, 0.25) is 0 Å². The van der Waals surface area contributed by atoms with Crippen molar-refractivity contribution >= 4 is 27.3 Å². The summed E-state index contributed by atoms with van der Waals surface area (Å²) >= 11 is 0. The van der Waals surface area contributed by atoms with Gasteiger partial charge in [-0.05, 0) is 43.7 Å². The maximum Gasteiger partial charge on any atom is 0.246 e. The second-order valence-corrected chi connectivity index (χ2v) is 8.84. The highest BCUT2D eigenvalue weighted by molar-refractivity contribution is 7.89. The quantitative estimate of drug-likeness (QED) is 0.680.